The minimum Gasteiger partial charge on any atom is -0.382 e. The number of amides is 3. The van der Waals surface area contributed by atoms with E-state index in [1.54, 1.807) is 16.6 Å². The Balaban J connectivity index is 1.43. The van der Waals surface area contributed by atoms with Crippen LogP contribution in [-0.4, -0.2) is 51.1 Å². The van der Waals surface area contributed by atoms with Crippen molar-refractivity contribution in [3.63, 3.8) is 0 Å². The lowest BCUT2D eigenvalue weighted by Crippen LogP contribution is -2.47. The highest BCUT2D eigenvalue weighted by Crippen LogP contribution is 2.37. The molecule has 3 amide bonds. The van der Waals surface area contributed by atoms with Crippen LogP contribution in [0.4, 0.5) is 39.5 Å². The van der Waals surface area contributed by atoms with Gasteiger partial charge in [0.1, 0.15) is 17.7 Å². The number of carbonyl (C=O) groups excluding carboxylic acids is 2. The number of urea groups is 1. The second-order valence-corrected chi connectivity index (χ2v) is 9.45. The van der Waals surface area contributed by atoms with Crippen molar-refractivity contribution >= 4 is 34.6 Å². The summed E-state index contributed by atoms with van der Waals surface area (Å²) in [4.78, 5) is 30.4. The van der Waals surface area contributed by atoms with Gasteiger partial charge in [0, 0.05) is 30.9 Å². The zero-order chi connectivity index (χ0) is 30.0. The Hall–Kier alpha value is -5.23. The average molecular weight is 582 g/mol. The first-order chi connectivity index (χ1) is 20.0. The van der Waals surface area contributed by atoms with Crippen molar-refractivity contribution in [2.45, 2.75) is 19.1 Å². The second kappa shape index (κ2) is 11.3. The molecule has 0 atom stereocenters. The van der Waals surface area contributed by atoms with Crippen LogP contribution in [0.2, 0.25) is 0 Å². The minimum absolute atomic E-state index is 0.0124. The van der Waals surface area contributed by atoms with Gasteiger partial charge in [0.2, 0.25) is 5.91 Å². The number of carbonyl (C=O) groups is 2. The second-order valence-electron chi connectivity index (χ2n) is 9.45. The molecule has 3 heterocycles. The maximum absolute atomic E-state index is 14.0. The van der Waals surface area contributed by atoms with Crippen LogP contribution in [0.15, 0.2) is 48.8 Å². The Labute approximate surface area is 235 Å². The van der Waals surface area contributed by atoms with E-state index in [4.69, 9.17) is 5.73 Å². The summed E-state index contributed by atoms with van der Waals surface area (Å²) in [6.45, 7) is 1.60. The zero-order valence-electron chi connectivity index (χ0n) is 21.8. The molecule has 1 saturated heterocycles. The number of hydrogen-bond acceptors (Lipinski definition) is 7. The number of anilines is 3. The Morgan fingerprint density at radius 2 is 1.93 bits per heavy atom. The molecule has 0 spiro atoms. The monoisotopic (exact) mass is 581 g/mol. The molecule has 15 heteroatoms. The molecule has 42 heavy (non-hydrogen) atoms. The van der Waals surface area contributed by atoms with E-state index in [0.29, 0.717) is 65.7 Å². The Bertz CT molecular complexity index is 1710. The molecule has 1 aliphatic heterocycles. The Morgan fingerprint density at radius 1 is 1.17 bits per heavy atom. The molecule has 0 radical (unpaired) electrons. The number of nitrogens with two attached hydrogens (primary N) is 1. The van der Waals surface area contributed by atoms with Gasteiger partial charge >= 0.3 is 12.2 Å². The summed E-state index contributed by atoms with van der Waals surface area (Å²) in [6, 6.07) is 9.30. The molecule has 216 valence electrons. The van der Waals surface area contributed by atoms with E-state index in [9.17, 15) is 32.4 Å². The van der Waals surface area contributed by atoms with Crippen molar-refractivity contribution in [2.24, 2.45) is 0 Å². The van der Waals surface area contributed by atoms with Gasteiger partial charge in [0.25, 0.3) is 0 Å². The summed E-state index contributed by atoms with van der Waals surface area (Å²) in [5, 5.41) is 21.3. The minimum atomic E-state index is -4.71. The standard InChI is InChI=1S/C27H23F4N9O2/c28-19-6-3-16(27(29,30)31)11-20(19)38-26(42)37-17-4-1-15(2-5-17)23-18(7-8-32)21(12-39-10-9-34-22(41)13-39)40-24(23)25(33)35-14-36-40/h1-6,11,14H,7,9-10,12-13H2,(H,34,41)(H2,33,35,36)(H2,37,38,42). The third-order valence-electron chi connectivity index (χ3n) is 6.68. The number of nitrogen functional groups attached to an aromatic ring is 1. The number of halogens is 4. The first kappa shape index (κ1) is 28.3. The number of hydrogen-bond donors (Lipinski definition) is 4. The van der Waals surface area contributed by atoms with Crippen molar-refractivity contribution in [1.82, 2.24) is 24.8 Å². The van der Waals surface area contributed by atoms with E-state index >= 15 is 0 Å². The lowest BCUT2D eigenvalue weighted by molar-refractivity contribution is -0.137. The molecule has 0 unspecified atom stereocenters. The van der Waals surface area contributed by atoms with E-state index in [2.05, 4.69) is 32.1 Å². The number of fused-ring (bicyclic) bond motifs is 1. The molecule has 5 N–H and O–H groups in total. The molecule has 2 aromatic heterocycles. The molecule has 5 rings (SSSR count). The molecule has 11 nitrogen and oxygen atoms in total. The molecule has 0 bridgehead atoms. The predicted octanol–water partition coefficient (Wildman–Crippen LogP) is 3.78. The van der Waals surface area contributed by atoms with Gasteiger partial charge in [-0.05, 0) is 41.5 Å². The third kappa shape index (κ3) is 5.79. The number of nitrogens with zero attached hydrogens (tertiary/aromatic N) is 5. The first-order valence-corrected chi connectivity index (χ1v) is 12.6. The summed E-state index contributed by atoms with van der Waals surface area (Å²) in [6.07, 6.45) is -3.40. The Morgan fingerprint density at radius 3 is 2.62 bits per heavy atom. The lowest BCUT2D eigenvalue weighted by atomic mass is 9.98. The van der Waals surface area contributed by atoms with E-state index < -0.39 is 29.3 Å². The molecule has 1 fully saturated rings. The lowest BCUT2D eigenvalue weighted by Gasteiger charge is -2.26. The van der Waals surface area contributed by atoms with Crippen LogP contribution in [0.3, 0.4) is 0 Å². The average Bonchev–Trinajstić information content (AvgIpc) is 3.24. The maximum Gasteiger partial charge on any atom is 0.416 e. The summed E-state index contributed by atoms with van der Waals surface area (Å²) in [7, 11) is 0. The largest absolute Gasteiger partial charge is 0.416 e. The fourth-order valence-electron chi connectivity index (χ4n) is 4.80. The highest BCUT2D eigenvalue weighted by atomic mass is 19.4. The van der Waals surface area contributed by atoms with E-state index in [0.717, 1.165) is 0 Å². The van der Waals surface area contributed by atoms with Crippen molar-refractivity contribution < 1.29 is 27.2 Å². The summed E-state index contributed by atoms with van der Waals surface area (Å²) >= 11 is 0. The molecule has 2 aromatic carbocycles. The highest BCUT2D eigenvalue weighted by Gasteiger charge is 2.31. The zero-order valence-corrected chi connectivity index (χ0v) is 21.8. The molecular weight excluding hydrogens is 558 g/mol. The number of nitriles is 1. The SMILES string of the molecule is N#CCc1c(-c2ccc(NC(=O)Nc3cc(C(F)(F)F)ccc3F)cc2)c2c(N)ncnn2c1CN1CCNC(=O)C1. The third-order valence-corrected chi connectivity index (χ3v) is 6.68. The smallest absolute Gasteiger partial charge is 0.382 e. The number of aromatic nitrogens is 3. The van der Waals surface area contributed by atoms with Gasteiger partial charge in [-0.3, -0.25) is 9.69 Å². The first-order valence-electron chi connectivity index (χ1n) is 12.6. The quantitative estimate of drug-likeness (QED) is 0.253. The molecule has 0 aliphatic carbocycles. The van der Waals surface area contributed by atoms with Crippen molar-refractivity contribution in [3.05, 3.63) is 71.4 Å². The van der Waals surface area contributed by atoms with Crippen molar-refractivity contribution in [2.75, 3.05) is 36.0 Å². The van der Waals surface area contributed by atoms with Gasteiger partial charge < -0.3 is 21.7 Å². The number of nitrogens with one attached hydrogen (secondary N) is 3. The van der Waals surface area contributed by atoms with Crippen molar-refractivity contribution in [1.29, 1.82) is 5.26 Å². The highest BCUT2D eigenvalue weighted by molar-refractivity contribution is 6.00. The Kier molecular flexibility index (Phi) is 7.64. The molecular formula is C27H23F4N9O2. The fraction of sp³-hybridized carbons (Fsp3) is 0.222. The van der Waals surface area contributed by atoms with Crippen LogP contribution >= 0.6 is 0 Å². The van der Waals surface area contributed by atoms with Crippen LogP contribution in [-0.2, 0) is 23.9 Å². The van der Waals surface area contributed by atoms with Gasteiger partial charge in [-0.25, -0.2) is 18.7 Å². The van der Waals surface area contributed by atoms with Gasteiger partial charge in [-0.1, -0.05) is 12.1 Å². The topological polar surface area (TPSA) is 153 Å². The van der Waals surface area contributed by atoms with Crippen LogP contribution in [0.25, 0.3) is 16.6 Å². The summed E-state index contributed by atoms with van der Waals surface area (Å²) < 4.78 is 54.6. The van der Waals surface area contributed by atoms with Crippen LogP contribution in [0.1, 0.15) is 16.8 Å². The van der Waals surface area contributed by atoms with Crippen LogP contribution < -0.4 is 21.7 Å². The van der Waals surface area contributed by atoms with E-state index in [1.165, 1.54) is 18.5 Å². The van der Waals surface area contributed by atoms with Gasteiger partial charge in [0.15, 0.2) is 5.82 Å². The summed E-state index contributed by atoms with van der Waals surface area (Å²) in [5.74, 6) is -0.965. The number of piperazine rings is 1. The normalized spacial score (nSPS) is 13.9. The molecule has 1 aliphatic rings. The van der Waals surface area contributed by atoms with E-state index in [-0.39, 0.29) is 30.4 Å². The molecule has 4 aromatic rings. The fourth-order valence-corrected chi connectivity index (χ4v) is 4.80. The number of alkyl halides is 3. The number of benzene rings is 2. The van der Waals surface area contributed by atoms with Crippen LogP contribution in [0, 0.1) is 17.1 Å². The van der Waals surface area contributed by atoms with E-state index in [1.807, 2.05) is 4.90 Å². The predicted molar refractivity (Wildman–Crippen MR) is 144 cm³/mol. The van der Waals surface area contributed by atoms with Gasteiger partial charge in [0.05, 0.1) is 36.0 Å². The van der Waals surface area contributed by atoms with Crippen LogP contribution in [0.5, 0.6) is 0 Å². The summed E-state index contributed by atoms with van der Waals surface area (Å²) in [5.41, 5.74) is 7.79. The maximum atomic E-state index is 14.0. The van der Waals surface area contributed by atoms with Gasteiger partial charge in [-0.2, -0.15) is 23.5 Å². The molecule has 0 saturated carbocycles. The van der Waals surface area contributed by atoms with Gasteiger partial charge in [-0.15, -0.1) is 0 Å². The van der Waals surface area contributed by atoms with Crippen molar-refractivity contribution in [3.8, 4) is 17.2 Å². The number of rotatable bonds is 6.